The predicted octanol–water partition coefficient (Wildman–Crippen LogP) is 2.67. The largest absolute Gasteiger partial charge is 0.464 e. The van der Waals surface area contributed by atoms with Crippen LogP contribution < -0.4 is 5.32 Å². The topological polar surface area (TPSA) is 81.4 Å². The van der Waals surface area contributed by atoms with Gasteiger partial charge in [-0.1, -0.05) is 28.9 Å². The summed E-state index contributed by atoms with van der Waals surface area (Å²) in [6.45, 7) is 3.58. The van der Waals surface area contributed by atoms with Crippen LogP contribution in [-0.2, 0) is 9.53 Å². The first kappa shape index (κ1) is 16.0. The van der Waals surface area contributed by atoms with E-state index >= 15 is 0 Å². The molecule has 2 aromatic rings. The van der Waals surface area contributed by atoms with Crippen molar-refractivity contribution in [2.24, 2.45) is 0 Å². The highest BCUT2D eigenvalue weighted by Crippen LogP contribution is 2.18. The van der Waals surface area contributed by atoms with E-state index in [2.05, 4.69) is 10.5 Å². The van der Waals surface area contributed by atoms with Crippen LogP contribution in [0.4, 0.5) is 0 Å². The number of carbonyl (C=O) groups excluding carboxylic acids is 2. The number of rotatable bonds is 5. The number of hydrogen-bond acceptors (Lipinski definition) is 5. The number of nitrogens with zero attached hydrogens (tertiary/aromatic N) is 1. The molecular weight excluding hydrogens is 308 g/mol. The van der Waals surface area contributed by atoms with Crippen molar-refractivity contribution < 1.29 is 18.8 Å². The number of aromatic nitrogens is 1. The summed E-state index contributed by atoms with van der Waals surface area (Å²) in [5.41, 5.74) is 0.664. The molecule has 1 heterocycles. The highest BCUT2D eigenvalue weighted by Gasteiger charge is 2.25. The van der Waals surface area contributed by atoms with Crippen LogP contribution in [0.1, 0.15) is 34.8 Å². The molecule has 22 heavy (non-hydrogen) atoms. The van der Waals surface area contributed by atoms with Crippen LogP contribution in [0, 0.1) is 6.92 Å². The maximum absolute atomic E-state index is 12.1. The summed E-state index contributed by atoms with van der Waals surface area (Å²) in [7, 11) is 0. The molecule has 0 radical (unpaired) electrons. The van der Waals surface area contributed by atoms with Gasteiger partial charge in [0.1, 0.15) is 5.76 Å². The second-order valence-corrected chi connectivity index (χ2v) is 4.97. The Bertz CT molecular complexity index is 666. The number of esters is 1. The van der Waals surface area contributed by atoms with Gasteiger partial charge >= 0.3 is 5.97 Å². The van der Waals surface area contributed by atoms with Crippen molar-refractivity contribution in [2.45, 2.75) is 19.9 Å². The maximum Gasteiger partial charge on any atom is 0.333 e. The van der Waals surface area contributed by atoms with Crippen molar-refractivity contribution in [2.75, 3.05) is 6.61 Å². The fourth-order valence-corrected chi connectivity index (χ4v) is 1.96. The Kier molecular flexibility index (Phi) is 5.16. The smallest absolute Gasteiger partial charge is 0.333 e. The zero-order valence-electron chi connectivity index (χ0n) is 12.1. The fourth-order valence-electron chi connectivity index (χ4n) is 1.84. The molecule has 1 atom stereocenters. The van der Waals surface area contributed by atoms with Crippen LogP contribution in [0.2, 0.25) is 5.02 Å². The molecule has 0 aliphatic heterocycles. The van der Waals surface area contributed by atoms with Gasteiger partial charge in [0.25, 0.3) is 5.91 Å². The molecule has 0 bridgehead atoms. The van der Waals surface area contributed by atoms with Crippen LogP contribution in [-0.4, -0.2) is 23.6 Å². The monoisotopic (exact) mass is 322 g/mol. The van der Waals surface area contributed by atoms with Gasteiger partial charge in [0.15, 0.2) is 11.7 Å². The van der Waals surface area contributed by atoms with Crippen LogP contribution >= 0.6 is 11.6 Å². The summed E-state index contributed by atoms with van der Waals surface area (Å²) in [6, 6.07) is 7.11. The van der Waals surface area contributed by atoms with Gasteiger partial charge in [-0.25, -0.2) is 4.79 Å². The minimum Gasteiger partial charge on any atom is -0.464 e. The maximum atomic E-state index is 12.1. The van der Waals surface area contributed by atoms with Crippen molar-refractivity contribution in [3.63, 3.8) is 0 Å². The molecule has 0 aliphatic rings. The molecule has 7 heteroatoms. The van der Waals surface area contributed by atoms with E-state index in [0.717, 1.165) is 0 Å². The van der Waals surface area contributed by atoms with Crippen molar-refractivity contribution in [1.29, 1.82) is 0 Å². The Morgan fingerprint density at radius 3 is 2.59 bits per heavy atom. The van der Waals surface area contributed by atoms with Gasteiger partial charge in [-0.15, -0.1) is 0 Å². The first-order valence-electron chi connectivity index (χ1n) is 6.67. The molecule has 1 amide bonds. The average molecular weight is 323 g/mol. The Labute approximate surface area is 132 Å². The number of halogens is 1. The molecule has 0 spiro atoms. The van der Waals surface area contributed by atoms with Crippen molar-refractivity contribution in [1.82, 2.24) is 10.5 Å². The van der Waals surface area contributed by atoms with E-state index in [1.165, 1.54) is 6.07 Å². The number of carbonyl (C=O) groups is 2. The summed E-state index contributed by atoms with van der Waals surface area (Å²) >= 11 is 5.84. The minimum absolute atomic E-state index is 0.0979. The Morgan fingerprint density at radius 2 is 2.05 bits per heavy atom. The zero-order valence-corrected chi connectivity index (χ0v) is 12.9. The number of benzene rings is 1. The summed E-state index contributed by atoms with van der Waals surface area (Å²) in [5.74, 6) is -0.576. The average Bonchev–Trinajstić information content (AvgIpc) is 2.92. The summed E-state index contributed by atoms with van der Waals surface area (Å²) in [6.07, 6.45) is 0. The molecule has 0 fully saturated rings. The lowest BCUT2D eigenvalue weighted by molar-refractivity contribution is -0.145. The van der Waals surface area contributed by atoms with Crippen LogP contribution in [0.3, 0.4) is 0 Å². The van der Waals surface area contributed by atoms with Crippen LogP contribution in [0.15, 0.2) is 34.9 Å². The Balaban J connectivity index is 2.22. The number of hydrogen-bond donors (Lipinski definition) is 1. The van der Waals surface area contributed by atoms with Crippen molar-refractivity contribution in [3.05, 3.63) is 52.4 Å². The lowest BCUT2D eigenvalue weighted by Gasteiger charge is -2.17. The summed E-state index contributed by atoms with van der Waals surface area (Å²) in [4.78, 5) is 24.2. The van der Waals surface area contributed by atoms with E-state index in [4.69, 9.17) is 20.9 Å². The van der Waals surface area contributed by atoms with Gasteiger partial charge in [-0.2, -0.15) is 0 Å². The minimum atomic E-state index is -0.943. The van der Waals surface area contributed by atoms with Crippen molar-refractivity contribution in [3.8, 4) is 0 Å². The zero-order chi connectivity index (χ0) is 16.1. The molecule has 6 nitrogen and oxygen atoms in total. The number of ether oxygens (including phenoxy) is 1. The van der Waals surface area contributed by atoms with Gasteiger partial charge in [-0.3, -0.25) is 4.79 Å². The quantitative estimate of drug-likeness (QED) is 0.856. The van der Waals surface area contributed by atoms with E-state index in [1.54, 1.807) is 38.1 Å². The number of amides is 1. The van der Waals surface area contributed by atoms with E-state index in [1.807, 2.05) is 0 Å². The molecule has 0 aliphatic carbocycles. The van der Waals surface area contributed by atoms with E-state index in [-0.39, 0.29) is 12.3 Å². The second-order valence-electron chi connectivity index (χ2n) is 4.53. The number of nitrogens with one attached hydrogen (secondary N) is 1. The Morgan fingerprint density at radius 1 is 1.36 bits per heavy atom. The molecule has 1 aromatic carbocycles. The Hall–Kier alpha value is -2.34. The lowest BCUT2D eigenvalue weighted by atomic mass is 10.1. The molecule has 0 saturated heterocycles. The highest BCUT2D eigenvalue weighted by atomic mass is 35.5. The third-order valence-electron chi connectivity index (χ3n) is 2.86. The van der Waals surface area contributed by atoms with Crippen molar-refractivity contribution >= 4 is 23.5 Å². The lowest BCUT2D eigenvalue weighted by Crippen LogP contribution is -2.35. The molecule has 0 saturated carbocycles. The first-order chi connectivity index (χ1) is 10.5. The van der Waals surface area contributed by atoms with E-state index in [0.29, 0.717) is 16.3 Å². The predicted molar refractivity (Wildman–Crippen MR) is 79.5 cm³/mol. The molecule has 116 valence electrons. The SMILES string of the molecule is CCOC(=O)[C@@H](NC(=O)c1cc(C)on1)c1ccc(Cl)cc1. The molecule has 2 rings (SSSR count). The highest BCUT2D eigenvalue weighted by molar-refractivity contribution is 6.30. The molecule has 1 N–H and O–H groups in total. The molecule has 1 aromatic heterocycles. The number of aryl methyl sites for hydroxylation is 1. The summed E-state index contributed by atoms with van der Waals surface area (Å²) in [5, 5.41) is 6.74. The molecular formula is C15H15ClN2O4. The summed E-state index contributed by atoms with van der Waals surface area (Å²) < 4.78 is 9.85. The van der Waals surface area contributed by atoms with Gasteiger partial charge in [0.05, 0.1) is 6.61 Å². The second kappa shape index (κ2) is 7.09. The van der Waals surface area contributed by atoms with Gasteiger partial charge < -0.3 is 14.6 Å². The van der Waals surface area contributed by atoms with Gasteiger partial charge in [0, 0.05) is 11.1 Å². The first-order valence-corrected chi connectivity index (χ1v) is 7.05. The standard InChI is InChI=1S/C15H15ClN2O4/c1-3-21-15(20)13(10-4-6-11(16)7-5-10)17-14(19)12-8-9(2)22-18-12/h4-8,13H,3H2,1-2H3,(H,17,19)/t13-/m0/s1. The van der Waals surface area contributed by atoms with Crippen LogP contribution in [0.25, 0.3) is 0 Å². The molecule has 0 unspecified atom stereocenters. The normalized spacial score (nSPS) is 11.8. The van der Waals surface area contributed by atoms with Gasteiger partial charge in [-0.05, 0) is 31.5 Å². The fraction of sp³-hybridized carbons (Fsp3) is 0.267. The van der Waals surface area contributed by atoms with Crippen LogP contribution in [0.5, 0.6) is 0 Å². The van der Waals surface area contributed by atoms with E-state index in [9.17, 15) is 9.59 Å². The third kappa shape index (κ3) is 3.85. The van der Waals surface area contributed by atoms with Gasteiger partial charge in [0.2, 0.25) is 0 Å². The third-order valence-corrected chi connectivity index (χ3v) is 3.11. The van der Waals surface area contributed by atoms with E-state index < -0.39 is 17.9 Å².